The van der Waals surface area contributed by atoms with Crippen LogP contribution < -0.4 is 0 Å². The maximum absolute atomic E-state index is 12.8. The molecule has 0 N–H and O–H groups in total. The molecule has 404 valence electrons. The molecule has 6 nitrogen and oxygen atoms in total. The van der Waals surface area contributed by atoms with Crippen molar-refractivity contribution in [3.05, 3.63) is 0 Å². The number of hydrogen-bond acceptors (Lipinski definition) is 6. The van der Waals surface area contributed by atoms with Gasteiger partial charge in [-0.05, 0) is 19.3 Å². The molecule has 0 aromatic carbocycles. The Balaban J connectivity index is 3.98. The van der Waals surface area contributed by atoms with Crippen molar-refractivity contribution in [3.8, 4) is 0 Å². The number of rotatable bonds is 58. The predicted octanol–water partition coefficient (Wildman–Crippen LogP) is 20.7. The van der Waals surface area contributed by atoms with E-state index < -0.39 is 6.10 Å². The molecular formula is C62H120O6. The highest BCUT2D eigenvalue weighted by molar-refractivity contribution is 5.71. The Morgan fingerprint density at radius 2 is 0.397 bits per heavy atom. The average molecular weight is 962 g/mol. The first-order chi connectivity index (χ1) is 33.5. The van der Waals surface area contributed by atoms with Crippen LogP contribution in [0.1, 0.15) is 361 Å². The van der Waals surface area contributed by atoms with Crippen LogP contribution in [0.25, 0.3) is 0 Å². The molecule has 0 rings (SSSR count). The lowest BCUT2D eigenvalue weighted by atomic mass is 10.0. The molecule has 0 spiro atoms. The summed E-state index contributed by atoms with van der Waals surface area (Å²) in [6.07, 6.45) is 65.7. The summed E-state index contributed by atoms with van der Waals surface area (Å²) in [4.78, 5) is 38.0. The standard InChI is InChI=1S/C62H120O6/c1-4-7-10-13-16-18-20-22-24-25-26-27-28-29-30-31-32-33-34-35-36-38-39-41-43-46-49-52-55-61(64)67-58-59(57-66-60(63)54-51-48-45-15-12-9-6-3)68-62(65)56-53-50-47-44-42-40-37-23-21-19-17-14-11-8-5-2/h59H,4-58H2,1-3H3. The molecule has 0 bridgehead atoms. The van der Waals surface area contributed by atoms with Crippen LogP contribution >= 0.6 is 0 Å². The van der Waals surface area contributed by atoms with Crippen LogP contribution in [0.15, 0.2) is 0 Å². The van der Waals surface area contributed by atoms with E-state index in [2.05, 4.69) is 20.8 Å². The topological polar surface area (TPSA) is 78.9 Å². The molecule has 0 saturated heterocycles. The zero-order valence-electron chi connectivity index (χ0n) is 46.4. The Bertz CT molecular complexity index is 1010. The van der Waals surface area contributed by atoms with E-state index >= 15 is 0 Å². The fourth-order valence-corrected chi connectivity index (χ4v) is 9.68. The fraction of sp³-hybridized carbons (Fsp3) is 0.952. The van der Waals surface area contributed by atoms with Crippen LogP contribution in [0.2, 0.25) is 0 Å². The Morgan fingerprint density at radius 3 is 0.588 bits per heavy atom. The van der Waals surface area contributed by atoms with Crippen molar-refractivity contribution < 1.29 is 28.6 Å². The smallest absolute Gasteiger partial charge is 0.306 e. The Hall–Kier alpha value is -1.59. The van der Waals surface area contributed by atoms with E-state index in [9.17, 15) is 14.4 Å². The summed E-state index contributed by atoms with van der Waals surface area (Å²) in [5.41, 5.74) is 0. The summed E-state index contributed by atoms with van der Waals surface area (Å²) in [6, 6.07) is 0. The van der Waals surface area contributed by atoms with Gasteiger partial charge in [-0.1, -0.05) is 323 Å². The summed E-state index contributed by atoms with van der Waals surface area (Å²) < 4.78 is 16.8. The third-order valence-electron chi connectivity index (χ3n) is 14.4. The third-order valence-corrected chi connectivity index (χ3v) is 14.4. The van der Waals surface area contributed by atoms with Gasteiger partial charge in [0.05, 0.1) is 0 Å². The van der Waals surface area contributed by atoms with Gasteiger partial charge in [-0.2, -0.15) is 0 Å². The van der Waals surface area contributed by atoms with Gasteiger partial charge in [0.1, 0.15) is 13.2 Å². The van der Waals surface area contributed by atoms with Crippen LogP contribution in [0.4, 0.5) is 0 Å². The second-order valence-electron chi connectivity index (χ2n) is 21.3. The summed E-state index contributed by atoms with van der Waals surface area (Å²) >= 11 is 0. The van der Waals surface area contributed by atoms with E-state index in [-0.39, 0.29) is 31.1 Å². The minimum Gasteiger partial charge on any atom is -0.462 e. The molecule has 0 aromatic rings. The fourth-order valence-electron chi connectivity index (χ4n) is 9.68. The monoisotopic (exact) mass is 961 g/mol. The highest BCUT2D eigenvalue weighted by Crippen LogP contribution is 2.18. The van der Waals surface area contributed by atoms with E-state index in [0.29, 0.717) is 19.3 Å². The first-order valence-electron chi connectivity index (χ1n) is 31.0. The Labute approximate surface area is 425 Å². The summed E-state index contributed by atoms with van der Waals surface area (Å²) in [6.45, 7) is 6.67. The van der Waals surface area contributed by atoms with Gasteiger partial charge in [0.15, 0.2) is 6.10 Å². The molecule has 0 saturated carbocycles. The van der Waals surface area contributed by atoms with Crippen molar-refractivity contribution in [2.45, 2.75) is 367 Å². The minimum absolute atomic E-state index is 0.0618. The molecule has 0 heterocycles. The maximum Gasteiger partial charge on any atom is 0.306 e. The van der Waals surface area contributed by atoms with Crippen LogP contribution in [0, 0.1) is 0 Å². The van der Waals surface area contributed by atoms with E-state index in [1.54, 1.807) is 0 Å². The average Bonchev–Trinajstić information content (AvgIpc) is 3.34. The number of esters is 3. The quantitative estimate of drug-likeness (QED) is 0.0343. The lowest BCUT2D eigenvalue weighted by Crippen LogP contribution is -2.30. The predicted molar refractivity (Wildman–Crippen MR) is 294 cm³/mol. The lowest BCUT2D eigenvalue weighted by molar-refractivity contribution is -0.167. The molecule has 0 radical (unpaired) electrons. The first-order valence-corrected chi connectivity index (χ1v) is 31.0. The van der Waals surface area contributed by atoms with Crippen LogP contribution in [-0.4, -0.2) is 37.2 Å². The number of carbonyl (C=O) groups excluding carboxylic acids is 3. The minimum atomic E-state index is -0.760. The second-order valence-corrected chi connectivity index (χ2v) is 21.3. The van der Waals surface area contributed by atoms with Gasteiger partial charge >= 0.3 is 17.9 Å². The van der Waals surface area contributed by atoms with Crippen LogP contribution in [-0.2, 0) is 28.6 Å². The Morgan fingerprint density at radius 1 is 0.235 bits per heavy atom. The van der Waals surface area contributed by atoms with Gasteiger partial charge in [-0.3, -0.25) is 14.4 Å². The molecule has 1 unspecified atom stereocenters. The summed E-state index contributed by atoms with van der Waals surface area (Å²) in [5, 5.41) is 0. The SMILES string of the molecule is CCCCCCCCCCCCCCCCCCCCCCCCCCCCCCC(=O)OCC(COC(=O)CCCCCCCCC)OC(=O)CCCCCCCCCCCCCCCCC. The normalized spacial score (nSPS) is 11.9. The van der Waals surface area contributed by atoms with E-state index in [1.165, 1.54) is 263 Å². The molecule has 0 fully saturated rings. The van der Waals surface area contributed by atoms with E-state index in [0.717, 1.165) is 57.8 Å². The maximum atomic E-state index is 12.8. The molecule has 0 aliphatic heterocycles. The van der Waals surface area contributed by atoms with Crippen molar-refractivity contribution in [1.29, 1.82) is 0 Å². The van der Waals surface area contributed by atoms with Crippen LogP contribution in [0.5, 0.6) is 0 Å². The van der Waals surface area contributed by atoms with Gasteiger partial charge in [0, 0.05) is 19.3 Å². The van der Waals surface area contributed by atoms with Crippen molar-refractivity contribution in [2.75, 3.05) is 13.2 Å². The largest absolute Gasteiger partial charge is 0.462 e. The van der Waals surface area contributed by atoms with Gasteiger partial charge < -0.3 is 14.2 Å². The molecule has 0 aliphatic carbocycles. The molecule has 68 heavy (non-hydrogen) atoms. The van der Waals surface area contributed by atoms with E-state index in [1.807, 2.05) is 0 Å². The van der Waals surface area contributed by atoms with Crippen molar-refractivity contribution in [3.63, 3.8) is 0 Å². The van der Waals surface area contributed by atoms with Gasteiger partial charge in [-0.25, -0.2) is 0 Å². The second kappa shape index (κ2) is 58.0. The van der Waals surface area contributed by atoms with Gasteiger partial charge in [-0.15, -0.1) is 0 Å². The molecule has 6 heteroatoms. The highest BCUT2D eigenvalue weighted by Gasteiger charge is 2.19. The van der Waals surface area contributed by atoms with Gasteiger partial charge in [0.2, 0.25) is 0 Å². The number of carbonyl (C=O) groups is 3. The van der Waals surface area contributed by atoms with Crippen molar-refractivity contribution >= 4 is 17.9 Å². The van der Waals surface area contributed by atoms with Gasteiger partial charge in [0.25, 0.3) is 0 Å². The highest BCUT2D eigenvalue weighted by atomic mass is 16.6. The number of ether oxygens (including phenoxy) is 3. The zero-order valence-corrected chi connectivity index (χ0v) is 46.4. The summed E-state index contributed by atoms with van der Waals surface area (Å²) in [5.74, 6) is -0.841. The number of unbranched alkanes of at least 4 members (excludes halogenated alkanes) is 47. The Kier molecular flexibility index (Phi) is 56.6. The summed E-state index contributed by atoms with van der Waals surface area (Å²) in [7, 11) is 0. The first kappa shape index (κ1) is 66.4. The molecular weight excluding hydrogens is 841 g/mol. The zero-order chi connectivity index (χ0) is 49.3. The third kappa shape index (κ3) is 55.3. The lowest BCUT2D eigenvalue weighted by Gasteiger charge is -2.18. The molecule has 0 aromatic heterocycles. The molecule has 1 atom stereocenters. The molecule has 0 aliphatic rings. The van der Waals surface area contributed by atoms with Crippen LogP contribution in [0.3, 0.4) is 0 Å². The van der Waals surface area contributed by atoms with Crippen molar-refractivity contribution in [1.82, 2.24) is 0 Å². The molecule has 0 amide bonds. The van der Waals surface area contributed by atoms with E-state index in [4.69, 9.17) is 14.2 Å². The number of hydrogen-bond donors (Lipinski definition) is 0. The van der Waals surface area contributed by atoms with Crippen molar-refractivity contribution in [2.24, 2.45) is 0 Å².